The van der Waals surface area contributed by atoms with E-state index in [1.807, 2.05) is 23.9 Å². The molecule has 0 amide bonds. The number of aromatic nitrogens is 3. The minimum Gasteiger partial charge on any atom is -0.247 e. The van der Waals surface area contributed by atoms with E-state index in [-0.39, 0.29) is 0 Å². The lowest BCUT2D eigenvalue weighted by Gasteiger charge is -2.39. The summed E-state index contributed by atoms with van der Waals surface area (Å²) in [6, 6.07) is 76.6. The van der Waals surface area contributed by atoms with Crippen LogP contribution < -0.4 is 0 Å². The van der Waals surface area contributed by atoms with E-state index in [9.17, 15) is 0 Å². The zero-order valence-electron chi connectivity index (χ0n) is 33.5. The van der Waals surface area contributed by atoms with Crippen molar-refractivity contribution in [1.29, 1.82) is 0 Å². The summed E-state index contributed by atoms with van der Waals surface area (Å²) in [5.41, 5.74) is 18.2. The fourth-order valence-corrected chi connectivity index (χ4v) is 11.5. The molecule has 62 heavy (non-hydrogen) atoms. The lowest BCUT2D eigenvalue weighted by Crippen LogP contribution is -2.31. The summed E-state index contributed by atoms with van der Waals surface area (Å²) in [5, 5.41) is 3.50. The normalized spacial score (nSPS) is 13.2. The molecule has 288 valence electrons. The zero-order chi connectivity index (χ0) is 40.8. The number of hydrogen-bond donors (Lipinski definition) is 0. The molecule has 3 heterocycles. The van der Waals surface area contributed by atoms with Crippen molar-refractivity contribution in [2.45, 2.75) is 15.2 Å². The summed E-state index contributed by atoms with van der Waals surface area (Å²) < 4.78 is 0. The molecule has 11 aromatic rings. The maximum Gasteiger partial charge on any atom is 0.0973 e. The third kappa shape index (κ3) is 5.11. The number of fused-ring (bicyclic) bond motifs is 14. The molecule has 2 aliphatic rings. The molecule has 0 unspecified atom stereocenters. The topological polar surface area (TPSA) is 38.7 Å². The number of hydrogen-bond acceptors (Lipinski definition) is 4. The predicted octanol–water partition coefficient (Wildman–Crippen LogP) is 14.8. The van der Waals surface area contributed by atoms with E-state index in [1.54, 1.807) is 0 Å². The van der Waals surface area contributed by atoms with Gasteiger partial charge in [0.05, 0.1) is 39.0 Å². The van der Waals surface area contributed by atoms with E-state index in [1.165, 1.54) is 48.6 Å². The van der Waals surface area contributed by atoms with Crippen molar-refractivity contribution in [3.8, 4) is 56.0 Å². The van der Waals surface area contributed by atoms with Gasteiger partial charge >= 0.3 is 0 Å². The van der Waals surface area contributed by atoms with Gasteiger partial charge in [-0.05, 0) is 80.9 Å². The van der Waals surface area contributed by atoms with Gasteiger partial charge in [0, 0.05) is 42.6 Å². The minimum absolute atomic E-state index is 0.481. The first-order valence-electron chi connectivity index (χ1n) is 21.1. The summed E-state index contributed by atoms with van der Waals surface area (Å²) in [6.07, 6.45) is 0. The first kappa shape index (κ1) is 35.1. The monoisotopic (exact) mass is 805 g/mol. The second kappa shape index (κ2) is 13.7. The lowest BCUT2D eigenvalue weighted by atomic mass is 9.67. The van der Waals surface area contributed by atoms with Crippen LogP contribution in [0.25, 0.3) is 88.7 Å². The van der Waals surface area contributed by atoms with E-state index in [0.717, 1.165) is 72.2 Å². The molecule has 0 radical (unpaired) electrons. The number of nitrogens with zero attached hydrogens (tertiary/aromatic N) is 3. The fraction of sp³-hybridized carbons (Fsp3) is 0.0172. The average Bonchev–Trinajstić information content (AvgIpc) is 3.64. The molecule has 2 aromatic heterocycles. The van der Waals surface area contributed by atoms with Crippen LogP contribution in [0.4, 0.5) is 0 Å². The van der Waals surface area contributed by atoms with Crippen molar-refractivity contribution in [2.24, 2.45) is 0 Å². The Bertz CT molecular complexity index is 3560. The lowest BCUT2D eigenvalue weighted by molar-refractivity contribution is 0.723. The smallest absolute Gasteiger partial charge is 0.0973 e. The first-order chi connectivity index (χ1) is 30.7. The highest BCUT2D eigenvalue weighted by atomic mass is 32.2. The van der Waals surface area contributed by atoms with Gasteiger partial charge in [-0.25, -0.2) is 15.0 Å². The van der Waals surface area contributed by atoms with Crippen LogP contribution in [0.2, 0.25) is 0 Å². The molecule has 1 spiro atoms. The predicted molar refractivity (Wildman–Crippen MR) is 256 cm³/mol. The summed E-state index contributed by atoms with van der Waals surface area (Å²) >= 11 is 1.88. The largest absolute Gasteiger partial charge is 0.247 e. The van der Waals surface area contributed by atoms with Crippen LogP contribution in [0, 0.1) is 0 Å². The molecule has 13 rings (SSSR count). The second-order valence-electron chi connectivity index (χ2n) is 16.2. The molecule has 0 bridgehead atoms. The second-order valence-corrected chi connectivity index (χ2v) is 17.3. The fourth-order valence-electron chi connectivity index (χ4n) is 10.3. The maximum atomic E-state index is 5.47. The Hall–Kier alpha value is -7.66. The van der Waals surface area contributed by atoms with Crippen molar-refractivity contribution in [3.05, 3.63) is 235 Å². The van der Waals surface area contributed by atoms with Crippen molar-refractivity contribution < 1.29 is 0 Å². The van der Waals surface area contributed by atoms with Crippen molar-refractivity contribution >= 4 is 44.5 Å². The minimum atomic E-state index is -0.481. The molecule has 0 saturated heterocycles. The van der Waals surface area contributed by atoms with Gasteiger partial charge in [-0.15, -0.1) is 0 Å². The highest BCUT2D eigenvalue weighted by molar-refractivity contribution is 7.99. The molecule has 0 N–H and O–H groups in total. The molecule has 0 fully saturated rings. The van der Waals surface area contributed by atoms with Gasteiger partial charge in [0.2, 0.25) is 0 Å². The molecule has 9 aromatic carbocycles. The summed E-state index contributed by atoms with van der Waals surface area (Å²) in [7, 11) is 0. The van der Waals surface area contributed by atoms with Gasteiger partial charge in [0.15, 0.2) is 0 Å². The Kier molecular flexibility index (Phi) is 7.75. The zero-order valence-corrected chi connectivity index (χ0v) is 34.3. The van der Waals surface area contributed by atoms with Crippen LogP contribution in [0.5, 0.6) is 0 Å². The Balaban J connectivity index is 1.09. The highest BCUT2D eigenvalue weighted by Crippen LogP contribution is 2.63. The molecule has 1 aliphatic heterocycles. The van der Waals surface area contributed by atoms with E-state index in [0.29, 0.717) is 0 Å². The Morgan fingerprint density at radius 2 is 0.823 bits per heavy atom. The van der Waals surface area contributed by atoms with Crippen LogP contribution in [0.3, 0.4) is 0 Å². The van der Waals surface area contributed by atoms with E-state index >= 15 is 0 Å². The van der Waals surface area contributed by atoms with Crippen LogP contribution >= 0.6 is 11.8 Å². The van der Waals surface area contributed by atoms with E-state index in [2.05, 4.69) is 200 Å². The van der Waals surface area contributed by atoms with Gasteiger partial charge in [-0.1, -0.05) is 188 Å². The standard InChI is InChI=1S/C58H35N3S/c1-4-16-36(17-5-1)55-42-30-31-47-54(41-22-10-11-23-44(41)58(47)45-24-12-14-26-51(45)62-52-27-15-13-25-46(52)58)53(42)43-34-39(28-32-48(43)59-55)40-29-33-49-50(35-40)61-57(38-20-8-3-9-21-38)56(60-49)37-18-6-2-7-19-37/h1-35H. The molecule has 0 saturated carbocycles. The Morgan fingerprint density at radius 1 is 0.323 bits per heavy atom. The quantitative estimate of drug-likeness (QED) is 0.166. The van der Waals surface area contributed by atoms with Gasteiger partial charge < -0.3 is 0 Å². The van der Waals surface area contributed by atoms with Crippen molar-refractivity contribution in [1.82, 2.24) is 15.0 Å². The molecule has 3 nitrogen and oxygen atoms in total. The van der Waals surface area contributed by atoms with Crippen LogP contribution in [0.15, 0.2) is 222 Å². The third-order valence-electron chi connectivity index (χ3n) is 12.9. The number of rotatable bonds is 4. The van der Waals surface area contributed by atoms with E-state index < -0.39 is 5.41 Å². The van der Waals surface area contributed by atoms with Crippen LogP contribution in [0.1, 0.15) is 22.3 Å². The molecular formula is C58H35N3S. The third-order valence-corrected chi connectivity index (χ3v) is 14.1. The Morgan fingerprint density at radius 3 is 1.47 bits per heavy atom. The summed E-state index contributed by atoms with van der Waals surface area (Å²) in [5.74, 6) is 0. The van der Waals surface area contributed by atoms with Gasteiger partial charge in [-0.3, -0.25) is 0 Å². The highest BCUT2D eigenvalue weighted by Gasteiger charge is 2.50. The van der Waals surface area contributed by atoms with Gasteiger partial charge in [-0.2, -0.15) is 0 Å². The maximum absolute atomic E-state index is 5.47. The van der Waals surface area contributed by atoms with Crippen LogP contribution in [-0.2, 0) is 5.41 Å². The van der Waals surface area contributed by atoms with Crippen molar-refractivity contribution in [3.63, 3.8) is 0 Å². The molecule has 4 heteroatoms. The molecular weight excluding hydrogens is 771 g/mol. The van der Waals surface area contributed by atoms with Gasteiger partial charge in [0.25, 0.3) is 0 Å². The van der Waals surface area contributed by atoms with Crippen LogP contribution in [-0.4, -0.2) is 15.0 Å². The van der Waals surface area contributed by atoms with Crippen molar-refractivity contribution in [2.75, 3.05) is 0 Å². The number of pyridine rings is 1. The average molecular weight is 806 g/mol. The first-order valence-corrected chi connectivity index (χ1v) is 21.9. The molecule has 0 atom stereocenters. The molecule has 1 aliphatic carbocycles. The summed E-state index contributed by atoms with van der Waals surface area (Å²) in [4.78, 5) is 18.7. The Labute approximate surface area is 363 Å². The summed E-state index contributed by atoms with van der Waals surface area (Å²) in [6.45, 7) is 0. The SMILES string of the molecule is c1ccc(-c2nc3ccc(-c4ccc5nc(-c6ccccc6)c6ccc7c(c6c5c4)-c4ccccc4C74c5ccccc5Sc5ccccc54)cc3nc2-c2ccccc2)cc1. The van der Waals surface area contributed by atoms with E-state index in [4.69, 9.17) is 15.0 Å². The van der Waals surface area contributed by atoms with Gasteiger partial charge in [0.1, 0.15) is 0 Å². The number of benzene rings is 9.